The number of hydrogen-bond donors (Lipinski definition) is 2. The van der Waals surface area contributed by atoms with E-state index in [0.29, 0.717) is 12.2 Å². The lowest BCUT2D eigenvalue weighted by Gasteiger charge is -2.31. The van der Waals surface area contributed by atoms with Crippen LogP contribution in [0, 0.1) is 11.8 Å². The van der Waals surface area contributed by atoms with Gasteiger partial charge in [-0.2, -0.15) is 4.31 Å². The number of amides is 1. The Hall–Kier alpha value is -2.14. The monoisotopic (exact) mass is 442 g/mol. The molecule has 0 unspecified atom stereocenters. The molecule has 1 heterocycles. The van der Waals surface area contributed by atoms with E-state index >= 15 is 0 Å². The van der Waals surface area contributed by atoms with Gasteiger partial charge in [-0.15, -0.1) is 0 Å². The molecule has 0 aliphatic carbocycles. The molecule has 0 saturated heterocycles. The van der Waals surface area contributed by atoms with Gasteiger partial charge in [0.05, 0.1) is 25.2 Å². The third-order valence-corrected chi connectivity index (χ3v) is 6.79. The van der Waals surface area contributed by atoms with Crippen molar-refractivity contribution in [2.75, 3.05) is 33.4 Å². The van der Waals surface area contributed by atoms with Crippen molar-refractivity contribution in [3.63, 3.8) is 0 Å². The van der Waals surface area contributed by atoms with E-state index in [1.807, 2.05) is 13.8 Å². The largest absolute Gasteiger partial charge is 0.497 e. The second-order valence-corrected chi connectivity index (χ2v) is 9.20. The molecule has 1 aliphatic heterocycles. The van der Waals surface area contributed by atoms with Gasteiger partial charge in [-0.1, -0.05) is 13.8 Å². The van der Waals surface area contributed by atoms with Gasteiger partial charge in [0.15, 0.2) is 5.76 Å². The van der Waals surface area contributed by atoms with Crippen LogP contribution in [0.3, 0.4) is 0 Å². The molecule has 0 fully saturated rings. The van der Waals surface area contributed by atoms with E-state index < -0.39 is 22.2 Å². The minimum Gasteiger partial charge on any atom is -0.497 e. The second-order valence-electron chi connectivity index (χ2n) is 7.26. The molecule has 10 heteroatoms. The summed E-state index contributed by atoms with van der Waals surface area (Å²) in [6.45, 7) is 3.66. The van der Waals surface area contributed by atoms with Gasteiger partial charge in [0.1, 0.15) is 5.75 Å². The highest BCUT2D eigenvalue weighted by molar-refractivity contribution is 7.89. The molecule has 0 radical (unpaired) electrons. The smallest absolute Gasteiger partial charge is 0.283 e. The normalized spacial score (nSPS) is 19.5. The van der Waals surface area contributed by atoms with Gasteiger partial charge in [-0.05, 0) is 42.2 Å². The number of benzene rings is 1. The average molecular weight is 443 g/mol. The number of rotatable bonds is 11. The molecule has 2 atom stereocenters. The summed E-state index contributed by atoms with van der Waals surface area (Å²) < 4.78 is 43.2. The quantitative estimate of drug-likeness (QED) is 0.525. The fraction of sp³-hybridized carbons (Fsp3) is 0.550. The van der Waals surface area contributed by atoms with Gasteiger partial charge in [-0.3, -0.25) is 4.79 Å². The van der Waals surface area contributed by atoms with Gasteiger partial charge in [0, 0.05) is 19.5 Å². The molecular formula is C20H30N2O7S. The lowest BCUT2D eigenvalue weighted by atomic mass is 9.90. The van der Waals surface area contributed by atoms with Crippen molar-refractivity contribution in [3.05, 3.63) is 36.1 Å². The zero-order valence-electron chi connectivity index (χ0n) is 17.5. The zero-order chi connectivity index (χ0) is 22.3. The lowest BCUT2D eigenvalue weighted by Crippen LogP contribution is -2.38. The van der Waals surface area contributed by atoms with Crippen molar-refractivity contribution in [2.24, 2.45) is 17.6 Å². The fourth-order valence-corrected chi connectivity index (χ4v) is 4.48. The van der Waals surface area contributed by atoms with Gasteiger partial charge in [0.25, 0.3) is 5.91 Å². The molecule has 9 nitrogen and oxygen atoms in total. The summed E-state index contributed by atoms with van der Waals surface area (Å²) in [6, 6.07) is 6.00. The van der Waals surface area contributed by atoms with E-state index in [1.165, 1.54) is 19.2 Å². The number of carbonyl (C=O) groups excluding carboxylic acids is 1. The van der Waals surface area contributed by atoms with E-state index in [4.69, 9.17) is 19.9 Å². The number of methoxy groups -OCH3 is 1. The Bertz CT molecular complexity index is 837. The van der Waals surface area contributed by atoms with Gasteiger partial charge in [0.2, 0.25) is 16.3 Å². The summed E-state index contributed by atoms with van der Waals surface area (Å²) in [7, 11) is -2.33. The topological polar surface area (TPSA) is 128 Å². The molecule has 2 rings (SSSR count). The number of carbonyl (C=O) groups is 1. The molecule has 0 saturated carbocycles. The summed E-state index contributed by atoms with van der Waals surface area (Å²) >= 11 is 0. The minimum absolute atomic E-state index is 0.0107. The molecule has 1 aliphatic rings. The predicted molar refractivity (Wildman–Crippen MR) is 110 cm³/mol. The van der Waals surface area contributed by atoms with Crippen molar-refractivity contribution in [1.82, 2.24) is 4.31 Å². The van der Waals surface area contributed by atoms with Crippen LogP contribution >= 0.6 is 0 Å². The van der Waals surface area contributed by atoms with E-state index in [9.17, 15) is 18.3 Å². The Labute approximate surface area is 177 Å². The molecular weight excluding hydrogens is 412 g/mol. The number of hydrogen-bond acceptors (Lipinski definition) is 7. The van der Waals surface area contributed by atoms with E-state index in [-0.39, 0.29) is 48.8 Å². The van der Waals surface area contributed by atoms with Crippen LogP contribution in [-0.4, -0.2) is 63.4 Å². The van der Waals surface area contributed by atoms with Gasteiger partial charge < -0.3 is 25.1 Å². The zero-order valence-corrected chi connectivity index (χ0v) is 18.3. The molecule has 30 heavy (non-hydrogen) atoms. The molecule has 0 spiro atoms. The number of ether oxygens (including phenoxy) is 3. The molecule has 1 aromatic rings. The predicted octanol–water partition coefficient (Wildman–Crippen LogP) is 1.08. The first kappa shape index (κ1) is 24.1. The third-order valence-electron chi connectivity index (χ3n) is 4.88. The Balaban J connectivity index is 2.03. The fourth-order valence-electron chi connectivity index (χ4n) is 3.07. The van der Waals surface area contributed by atoms with E-state index in [1.54, 1.807) is 18.2 Å². The highest BCUT2D eigenvalue weighted by Gasteiger charge is 2.29. The second kappa shape index (κ2) is 10.8. The number of sulfonamides is 1. The number of primary amides is 1. The first-order valence-electron chi connectivity index (χ1n) is 9.74. The first-order chi connectivity index (χ1) is 14.2. The molecule has 0 aromatic heterocycles. The molecule has 0 bridgehead atoms. The standard InChI is InChI=1S/C20H30N2O7S/c1-14(2)15-12-18(20(21)24)29-19(13-15)28-11-9-22(8-10-23)30(25,26)17-6-4-16(27-3)5-7-17/h4-7,12,14-15,19,23H,8-11,13H2,1-3H3,(H2,21,24)/t15-,19+/m1/s1. The highest BCUT2D eigenvalue weighted by Crippen LogP contribution is 2.28. The van der Waals surface area contributed by atoms with Gasteiger partial charge in [-0.25, -0.2) is 8.42 Å². The first-order valence-corrected chi connectivity index (χ1v) is 11.2. The Kier molecular flexibility index (Phi) is 8.65. The van der Waals surface area contributed by atoms with Crippen LogP contribution in [0.1, 0.15) is 20.3 Å². The van der Waals surface area contributed by atoms with Crippen LogP contribution in [0.15, 0.2) is 41.0 Å². The molecule has 1 aromatic carbocycles. The molecule has 1 amide bonds. The van der Waals surface area contributed by atoms with E-state index in [0.717, 1.165) is 4.31 Å². The Morgan fingerprint density at radius 3 is 2.50 bits per heavy atom. The maximum absolute atomic E-state index is 12.9. The summed E-state index contributed by atoms with van der Waals surface area (Å²) in [5, 5.41) is 9.32. The molecule has 168 valence electrons. The average Bonchev–Trinajstić information content (AvgIpc) is 2.72. The number of aliphatic hydroxyl groups is 1. The molecule has 3 N–H and O–H groups in total. The summed E-state index contributed by atoms with van der Waals surface area (Å²) in [4.78, 5) is 11.6. The van der Waals surface area contributed by atoms with Crippen LogP contribution < -0.4 is 10.5 Å². The Morgan fingerprint density at radius 2 is 1.97 bits per heavy atom. The number of allylic oxidation sites excluding steroid dienone is 1. The van der Waals surface area contributed by atoms with Crippen LogP contribution in [0.5, 0.6) is 5.75 Å². The van der Waals surface area contributed by atoms with Crippen molar-refractivity contribution in [3.8, 4) is 5.75 Å². The van der Waals surface area contributed by atoms with Crippen LogP contribution in [0.2, 0.25) is 0 Å². The number of aliphatic hydroxyl groups excluding tert-OH is 1. The number of nitrogens with zero attached hydrogens (tertiary/aromatic N) is 1. The van der Waals surface area contributed by atoms with Gasteiger partial charge >= 0.3 is 0 Å². The lowest BCUT2D eigenvalue weighted by molar-refractivity contribution is -0.149. The highest BCUT2D eigenvalue weighted by atomic mass is 32.2. The van der Waals surface area contributed by atoms with Crippen LogP contribution in [0.4, 0.5) is 0 Å². The third kappa shape index (κ3) is 6.18. The maximum Gasteiger partial charge on any atom is 0.283 e. The number of nitrogens with two attached hydrogens (primary N) is 1. The summed E-state index contributed by atoms with van der Waals surface area (Å²) in [5.41, 5.74) is 5.34. The van der Waals surface area contributed by atoms with Crippen LogP contribution in [-0.2, 0) is 24.3 Å². The van der Waals surface area contributed by atoms with Crippen molar-refractivity contribution in [1.29, 1.82) is 0 Å². The van der Waals surface area contributed by atoms with E-state index in [2.05, 4.69) is 0 Å². The van der Waals surface area contributed by atoms with Crippen molar-refractivity contribution >= 4 is 15.9 Å². The van der Waals surface area contributed by atoms with Crippen molar-refractivity contribution in [2.45, 2.75) is 31.5 Å². The minimum atomic E-state index is -3.83. The maximum atomic E-state index is 12.9. The van der Waals surface area contributed by atoms with Crippen LogP contribution in [0.25, 0.3) is 0 Å². The SMILES string of the molecule is COc1ccc(S(=O)(=O)N(CCO)CCO[C@@H]2C[C@H](C(C)C)C=C(C(N)=O)O2)cc1. The van der Waals surface area contributed by atoms with Crippen molar-refractivity contribution < 1.29 is 32.5 Å². The Morgan fingerprint density at radius 1 is 1.30 bits per heavy atom. The summed E-state index contributed by atoms with van der Waals surface area (Å²) in [5.74, 6) is 0.248. The summed E-state index contributed by atoms with van der Waals surface area (Å²) in [6.07, 6.45) is 1.53.